The molecule has 0 aliphatic rings. The molecule has 0 bridgehead atoms. The predicted molar refractivity (Wildman–Crippen MR) is 55.0 cm³/mol. The quantitative estimate of drug-likeness (QED) is 0.554. The van der Waals surface area contributed by atoms with Crippen LogP contribution in [0.1, 0.15) is 5.69 Å². The zero-order valence-corrected chi connectivity index (χ0v) is 8.12. The van der Waals surface area contributed by atoms with E-state index in [2.05, 4.69) is 4.98 Å². The van der Waals surface area contributed by atoms with Crippen LogP contribution in [0.15, 0.2) is 36.7 Å². The molecule has 0 aliphatic heterocycles. The largest absolute Gasteiger partial charge is 0.312 e. The molecule has 0 spiro atoms. The standard InChI is InChI=1S/C10H9N3O2/c1-8-4-3-7-12(8)10-9(13(14)15)5-2-6-11-10/h2-7H,1H3. The van der Waals surface area contributed by atoms with Crippen LogP contribution in [0.5, 0.6) is 0 Å². The minimum atomic E-state index is -0.429. The van der Waals surface area contributed by atoms with E-state index < -0.39 is 4.92 Å². The summed E-state index contributed by atoms with van der Waals surface area (Å²) < 4.78 is 1.69. The topological polar surface area (TPSA) is 61.0 Å². The highest BCUT2D eigenvalue weighted by Gasteiger charge is 2.15. The maximum absolute atomic E-state index is 10.8. The molecule has 0 N–H and O–H groups in total. The van der Waals surface area contributed by atoms with Crippen molar-refractivity contribution in [2.75, 3.05) is 0 Å². The minimum absolute atomic E-state index is 0.0109. The Morgan fingerprint density at radius 3 is 2.80 bits per heavy atom. The molecular formula is C10H9N3O2. The summed E-state index contributed by atoms with van der Waals surface area (Å²) in [5.41, 5.74) is 0.925. The Labute approximate surface area is 86.1 Å². The second kappa shape index (κ2) is 3.53. The molecule has 0 aliphatic carbocycles. The Kier molecular flexibility index (Phi) is 2.21. The first-order valence-electron chi connectivity index (χ1n) is 4.44. The molecule has 2 rings (SSSR count). The van der Waals surface area contributed by atoms with Gasteiger partial charge in [0.1, 0.15) is 0 Å². The van der Waals surface area contributed by atoms with E-state index in [4.69, 9.17) is 0 Å². The van der Waals surface area contributed by atoms with Gasteiger partial charge in [-0.1, -0.05) is 0 Å². The Morgan fingerprint density at radius 1 is 1.40 bits per heavy atom. The third-order valence-corrected chi connectivity index (χ3v) is 2.14. The van der Waals surface area contributed by atoms with Crippen molar-refractivity contribution in [1.82, 2.24) is 9.55 Å². The smallest absolute Gasteiger partial charge is 0.300 e. The lowest BCUT2D eigenvalue weighted by Crippen LogP contribution is -2.02. The zero-order chi connectivity index (χ0) is 10.8. The predicted octanol–water partition coefficient (Wildman–Crippen LogP) is 2.09. The second-order valence-electron chi connectivity index (χ2n) is 3.12. The number of aryl methyl sites for hydroxylation is 1. The molecule has 0 saturated carbocycles. The van der Waals surface area contributed by atoms with Crippen molar-refractivity contribution >= 4 is 5.69 Å². The van der Waals surface area contributed by atoms with E-state index in [1.54, 1.807) is 23.0 Å². The highest BCUT2D eigenvalue weighted by atomic mass is 16.6. The van der Waals surface area contributed by atoms with E-state index >= 15 is 0 Å². The van der Waals surface area contributed by atoms with E-state index in [9.17, 15) is 10.1 Å². The van der Waals surface area contributed by atoms with Gasteiger partial charge >= 0.3 is 5.69 Å². The van der Waals surface area contributed by atoms with Crippen LogP contribution in [0.2, 0.25) is 0 Å². The van der Waals surface area contributed by atoms with Gasteiger partial charge in [-0.25, -0.2) is 4.98 Å². The van der Waals surface area contributed by atoms with Gasteiger partial charge in [0.2, 0.25) is 5.82 Å². The summed E-state index contributed by atoms with van der Waals surface area (Å²) in [6, 6.07) is 6.70. The lowest BCUT2D eigenvalue weighted by molar-refractivity contribution is -0.384. The first kappa shape index (κ1) is 9.39. The number of pyridine rings is 1. The number of hydrogen-bond acceptors (Lipinski definition) is 3. The third kappa shape index (κ3) is 1.59. The van der Waals surface area contributed by atoms with Gasteiger partial charge in [0.05, 0.1) is 4.92 Å². The van der Waals surface area contributed by atoms with E-state index in [0.29, 0.717) is 5.82 Å². The Morgan fingerprint density at radius 2 is 2.20 bits per heavy atom. The van der Waals surface area contributed by atoms with Crippen molar-refractivity contribution in [2.24, 2.45) is 0 Å². The van der Waals surface area contributed by atoms with Gasteiger partial charge in [0, 0.05) is 24.2 Å². The molecule has 2 aromatic rings. The molecule has 0 atom stereocenters. The molecule has 0 radical (unpaired) electrons. The summed E-state index contributed by atoms with van der Waals surface area (Å²) in [6.45, 7) is 1.87. The summed E-state index contributed by atoms with van der Waals surface area (Å²) in [5.74, 6) is 0.352. The molecule has 2 aromatic heterocycles. The lowest BCUT2D eigenvalue weighted by Gasteiger charge is -2.04. The fourth-order valence-corrected chi connectivity index (χ4v) is 1.42. The fourth-order valence-electron chi connectivity index (χ4n) is 1.42. The van der Waals surface area contributed by atoms with Gasteiger partial charge in [0.25, 0.3) is 0 Å². The van der Waals surface area contributed by atoms with Crippen LogP contribution >= 0.6 is 0 Å². The zero-order valence-electron chi connectivity index (χ0n) is 8.12. The molecule has 76 valence electrons. The SMILES string of the molecule is Cc1cccn1-c1ncccc1[N+](=O)[O-]. The van der Waals surface area contributed by atoms with Crippen LogP contribution in [-0.2, 0) is 0 Å². The Hall–Kier alpha value is -2.17. The Bertz CT molecular complexity index is 505. The summed E-state index contributed by atoms with van der Waals surface area (Å²) in [4.78, 5) is 14.4. The molecule has 0 amide bonds. The molecule has 15 heavy (non-hydrogen) atoms. The summed E-state index contributed by atoms with van der Waals surface area (Å²) in [5, 5.41) is 10.8. The van der Waals surface area contributed by atoms with Gasteiger partial charge in [0.15, 0.2) is 0 Å². The molecule has 5 heteroatoms. The van der Waals surface area contributed by atoms with Crippen molar-refractivity contribution in [1.29, 1.82) is 0 Å². The molecule has 0 fully saturated rings. The van der Waals surface area contributed by atoms with Crippen LogP contribution in [0, 0.1) is 17.0 Å². The summed E-state index contributed by atoms with van der Waals surface area (Å²) in [7, 11) is 0. The molecular weight excluding hydrogens is 194 g/mol. The number of aromatic nitrogens is 2. The van der Waals surface area contributed by atoms with E-state index in [0.717, 1.165) is 5.69 Å². The average molecular weight is 203 g/mol. The molecule has 0 saturated heterocycles. The van der Waals surface area contributed by atoms with Crippen LogP contribution in [0.4, 0.5) is 5.69 Å². The number of rotatable bonds is 2. The monoisotopic (exact) mass is 203 g/mol. The minimum Gasteiger partial charge on any atom is -0.300 e. The van der Waals surface area contributed by atoms with Crippen molar-refractivity contribution in [3.05, 3.63) is 52.5 Å². The first-order chi connectivity index (χ1) is 7.20. The van der Waals surface area contributed by atoms with Crippen molar-refractivity contribution in [3.8, 4) is 5.82 Å². The van der Waals surface area contributed by atoms with Crippen LogP contribution in [-0.4, -0.2) is 14.5 Å². The van der Waals surface area contributed by atoms with Crippen molar-refractivity contribution in [2.45, 2.75) is 6.92 Å². The molecule has 5 nitrogen and oxygen atoms in total. The van der Waals surface area contributed by atoms with Crippen LogP contribution < -0.4 is 0 Å². The number of nitro groups is 1. The average Bonchev–Trinajstić information content (AvgIpc) is 2.64. The van der Waals surface area contributed by atoms with Gasteiger partial charge < -0.3 is 4.57 Å². The first-order valence-corrected chi connectivity index (χ1v) is 4.44. The number of hydrogen-bond donors (Lipinski definition) is 0. The maximum Gasteiger partial charge on any atom is 0.312 e. The van der Waals surface area contributed by atoms with Gasteiger partial charge in [-0.15, -0.1) is 0 Å². The van der Waals surface area contributed by atoms with Crippen molar-refractivity contribution in [3.63, 3.8) is 0 Å². The molecule has 0 unspecified atom stereocenters. The maximum atomic E-state index is 10.8. The summed E-state index contributed by atoms with van der Waals surface area (Å²) >= 11 is 0. The van der Waals surface area contributed by atoms with E-state index in [1.807, 2.05) is 19.1 Å². The molecule has 2 heterocycles. The highest BCUT2D eigenvalue weighted by Crippen LogP contribution is 2.20. The normalized spacial score (nSPS) is 10.2. The highest BCUT2D eigenvalue weighted by molar-refractivity contribution is 5.47. The Balaban J connectivity index is 2.63. The second-order valence-corrected chi connectivity index (χ2v) is 3.12. The van der Waals surface area contributed by atoms with Gasteiger partial charge in [-0.3, -0.25) is 10.1 Å². The molecule has 0 aromatic carbocycles. The van der Waals surface area contributed by atoms with Crippen LogP contribution in [0.3, 0.4) is 0 Å². The lowest BCUT2D eigenvalue weighted by atomic mass is 10.4. The van der Waals surface area contributed by atoms with E-state index in [1.165, 1.54) is 6.07 Å². The van der Waals surface area contributed by atoms with E-state index in [-0.39, 0.29) is 5.69 Å². The van der Waals surface area contributed by atoms with Gasteiger partial charge in [-0.05, 0) is 25.1 Å². The van der Waals surface area contributed by atoms with Crippen molar-refractivity contribution < 1.29 is 4.92 Å². The van der Waals surface area contributed by atoms with Gasteiger partial charge in [-0.2, -0.15) is 0 Å². The number of nitrogens with zero attached hydrogens (tertiary/aromatic N) is 3. The summed E-state index contributed by atoms with van der Waals surface area (Å²) in [6.07, 6.45) is 3.30. The fraction of sp³-hybridized carbons (Fsp3) is 0.100. The third-order valence-electron chi connectivity index (χ3n) is 2.14. The van der Waals surface area contributed by atoms with Crippen LogP contribution in [0.25, 0.3) is 5.82 Å².